The van der Waals surface area contributed by atoms with Crippen molar-refractivity contribution in [3.63, 3.8) is 0 Å². The van der Waals surface area contributed by atoms with E-state index in [2.05, 4.69) is 15.9 Å². The summed E-state index contributed by atoms with van der Waals surface area (Å²) in [4.78, 5) is 14.3. The molecule has 0 radical (unpaired) electrons. The molecule has 2 N–H and O–H groups in total. The van der Waals surface area contributed by atoms with E-state index in [0.717, 1.165) is 17.3 Å². The molecule has 2 heterocycles. The van der Waals surface area contributed by atoms with Gasteiger partial charge in [0, 0.05) is 28.8 Å². The maximum atomic E-state index is 12.4. The summed E-state index contributed by atoms with van der Waals surface area (Å²) in [6, 6.07) is 5.33. The van der Waals surface area contributed by atoms with Crippen molar-refractivity contribution in [2.45, 2.75) is 25.0 Å². The van der Waals surface area contributed by atoms with Crippen LogP contribution in [0.25, 0.3) is 0 Å². The molecule has 0 spiro atoms. The standard InChI is InChI=1S/C13H15BrN2O2/c14-9-3-8(4-10(15)5-9)13(17)16-6-11-1-2-12(7-16)18-11/h3-5,11-12H,1-2,6-7,15H2. The van der Waals surface area contributed by atoms with E-state index >= 15 is 0 Å². The maximum Gasteiger partial charge on any atom is 0.254 e. The Morgan fingerprint density at radius 3 is 2.56 bits per heavy atom. The molecule has 1 aromatic carbocycles. The molecule has 2 unspecified atom stereocenters. The summed E-state index contributed by atoms with van der Waals surface area (Å²) >= 11 is 3.37. The number of benzene rings is 1. The molecular weight excluding hydrogens is 296 g/mol. The first-order valence-electron chi connectivity index (χ1n) is 6.12. The quantitative estimate of drug-likeness (QED) is 0.808. The van der Waals surface area contributed by atoms with Crippen LogP contribution >= 0.6 is 15.9 Å². The van der Waals surface area contributed by atoms with Gasteiger partial charge in [0.05, 0.1) is 12.2 Å². The first kappa shape index (κ1) is 12.0. The van der Waals surface area contributed by atoms with Crippen LogP contribution in [-0.2, 0) is 4.74 Å². The average molecular weight is 311 g/mol. The van der Waals surface area contributed by atoms with Crippen LogP contribution in [0, 0.1) is 0 Å². The third kappa shape index (κ3) is 2.24. The molecular formula is C13H15BrN2O2. The number of hydrogen-bond donors (Lipinski definition) is 1. The van der Waals surface area contributed by atoms with Gasteiger partial charge in [-0.15, -0.1) is 0 Å². The number of hydrogen-bond acceptors (Lipinski definition) is 3. The number of ether oxygens (including phenoxy) is 1. The molecule has 1 amide bonds. The Hall–Kier alpha value is -1.07. The topological polar surface area (TPSA) is 55.6 Å². The van der Waals surface area contributed by atoms with Crippen LogP contribution in [0.2, 0.25) is 0 Å². The number of morpholine rings is 1. The Balaban J connectivity index is 1.81. The second kappa shape index (κ2) is 4.55. The number of fused-ring (bicyclic) bond motifs is 2. The molecule has 0 saturated carbocycles. The second-order valence-electron chi connectivity index (χ2n) is 4.94. The van der Waals surface area contributed by atoms with Crippen molar-refractivity contribution in [2.24, 2.45) is 0 Å². The first-order chi connectivity index (χ1) is 8.61. The van der Waals surface area contributed by atoms with Crippen molar-refractivity contribution >= 4 is 27.5 Å². The third-order valence-electron chi connectivity index (χ3n) is 3.50. The molecule has 0 aliphatic carbocycles. The first-order valence-corrected chi connectivity index (χ1v) is 6.92. The Kier molecular flexibility index (Phi) is 3.03. The van der Waals surface area contributed by atoms with Crippen LogP contribution in [0.4, 0.5) is 5.69 Å². The lowest BCUT2D eigenvalue weighted by Gasteiger charge is -2.32. The van der Waals surface area contributed by atoms with Crippen molar-refractivity contribution in [3.05, 3.63) is 28.2 Å². The molecule has 4 nitrogen and oxygen atoms in total. The Morgan fingerprint density at radius 1 is 1.28 bits per heavy atom. The predicted molar refractivity (Wildman–Crippen MR) is 72.4 cm³/mol. The number of nitrogens with zero attached hydrogens (tertiary/aromatic N) is 1. The molecule has 5 heteroatoms. The van der Waals surface area contributed by atoms with Gasteiger partial charge in [-0.05, 0) is 31.0 Å². The lowest BCUT2D eigenvalue weighted by molar-refractivity contribution is -0.0303. The fourth-order valence-corrected chi connectivity index (χ4v) is 3.21. The number of halogens is 1. The number of nitrogen functional groups attached to an aromatic ring is 1. The fourth-order valence-electron chi connectivity index (χ4n) is 2.70. The average Bonchev–Trinajstić information content (AvgIpc) is 2.66. The number of rotatable bonds is 1. The van der Waals surface area contributed by atoms with Gasteiger partial charge in [-0.3, -0.25) is 4.79 Å². The highest BCUT2D eigenvalue weighted by molar-refractivity contribution is 9.10. The summed E-state index contributed by atoms with van der Waals surface area (Å²) < 4.78 is 6.57. The zero-order valence-electron chi connectivity index (χ0n) is 9.93. The van der Waals surface area contributed by atoms with Gasteiger partial charge in [0.2, 0.25) is 0 Å². The molecule has 2 fully saturated rings. The van der Waals surface area contributed by atoms with Crippen LogP contribution in [0.1, 0.15) is 23.2 Å². The molecule has 3 rings (SSSR count). The van der Waals surface area contributed by atoms with Gasteiger partial charge in [0.25, 0.3) is 5.91 Å². The summed E-state index contributed by atoms with van der Waals surface area (Å²) in [7, 11) is 0. The molecule has 2 bridgehead atoms. The largest absolute Gasteiger partial charge is 0.399 e. The molecule has 96 valence electrons. The molecule has 2 saturated heterocycles. The van der Waals surface area contributed by atoms with E-state index in [1.165, 1.54) is 0 Å². The lowest BCUT2D eigenvalue weighted by Crippen LogP contribution is -2.45. The van der Waals surface area contributed by atoms with Crippen molar-refractivity contribution in [1.82, 2.24) is 4.90 Å². The van der Waals surface area contributed by atoms with Gasteiger partial charge in [0.1, 0.15) is 0 Å². The molecule has 1 aromatic rings. The minimum Gasteiger partial charge on any atom is -0.399 e. The van der Waals surface area contributed by atoms with E-state index in [1.54, 1.807) is 12.1 Å². The van der Waals surface area contributed by atoms with Crippen molar-refractivity contribution in [1.29, 1.82) is 0 Å². The van der Waals surface area contributed by atoms with Crippen LogP contribution in [-0.4, -0.2) is 36.1 Å². The van der Waals surface area contributed by atoms with Gasteiger partial charge in [-0.1, -0.05) is 15.9 Å². The summed E-state index contributed by atoms with van der Waals surface area (Å²) in [5, 5.41) is 0. The molecule has 18 heavy (non-hydrogen) atoms. The fraction of sp³-hybridized carbons (Fsp3) is 0.462. The minimum atomic E-state index is 0.0446. The number of carbonyl (C=O) groups excluding carboxylic acids is 1. The molecule has 2 aliphatic rings. The van der Waals surface area contributed by atoms with Crippen LogP contribution in [0.15, 0.2) is 22.7 Å². The van der Waals surface area contributed by atoms with Crippen molar-refractivity contribution in [2.75, 3.05) is 18.8 Å². The van der Waals surface area contributed by atoms with E-state index in [0.29, 0.717) is 24.3 Å². The highest BCUT2D eigenvalue weighted by Crippen LogP contribution is 2.28. The second-order valence-corrected chi connectivity index (χ2v) is 5.86. The molecule has 2 atom stereocenters. The van der Waals surface area contributed by atoms with Crippen LogP contribution < -0.4 is 5.73 Å². The van der Waals surface area contributed by atoms with Crippen LogP contribution in [0.3, 0.4) is 0 Å². The Morgan fingerprint density at radius 2 is 1.94 bits per heavy atom. The predicted octanol–water partition coefficient (Wildman–Crippen LogP) is 2.03. The van der Waals surface area contributed by atoms with Crippen molar-refractivity contribution in [3.8, 4) is 0 Å². The normalized spacial score (nSPS) is 26.4. The monoisotopic (exact) mass is 310 g/mol. The van der Waals surface area contributed by atoms with Crippen molar-refractivity contribution < 1.29 is 9.53 Å². The van der Waals surface area contributed by atoms with Gasteiger partial charge < -0.3 is 15.4 Å². The summed E-state index contributed by atoms with van der Waals surface area (Å²) in [5.74, 6) is 0.0446. The van der Waals surface area contributed by atoms with Gasteiger partial charge in [0.15, 0.2) is 0 Å². The SMILES string of the molecule is Nc1cc(Br)cc(C(=O)N2CC3CCC(C2)O3)c1. The van der Waals surface area contributed by atoms with Gasteiger partial charge >= 0.3 is 0 Å². The van der Waals surface area contributed by atoms with E-state index < -0.39 is 0 Å². The zero-order chi connectivity index (χ0) is 12.7. The highest BCUT2D eigenvalue weighted by atomic mass is 79.9. The number of carbonyl (C=O) groups is 1. The maximum absolute atomic E-state index is 12.4. The highest BCUT2D eigenvalue weighted by Gasteiger charge is 2.35. The number of anilines is 1. The minimum absolute atomic E-state index is 0.0446. The zero-order valence-corrected chi connectivity index (χ0v) is 11.5. The summed E-state index contributed by atoms with van der Waals surface area (Å²) in [5.41, 5.74) is 7.01. The van der Waals surface area contributed by atoms with E-state index in [1.807, 2.05) is 11.0 Å². The lowest BCUT2D eigenvalue weighted by atomic mass is 10.1. The number of amides is 1. The van der Waals surface area contributed by atoms with Gasteiger partial charge in [-0.2, -0.15) is 0 Å². The third-order valence-corrected chi connectivity index (χ3v) is 3.96. The Bertz CT molecular complexity index is 460. The van der Waals surface area contributed by atoms with Crippen LogP contribution in [0.5, 0.6) is 0 Å². The Labute approximate surface area is 114 Å². The smallest absolute Gasteiger partial charge is 0.254 e. The van der Waals surface area contributed by atoms with E-state index in [4.69, 9.17) is 10.5 Å². The molecule has 0 aromatic heterocycles. The summed E-state index contributed by atoms with van der Waals surface area (Å²) in [6.45, 7) is 1.39. The summed E-state index contributed by atoms with van der Waals surface area (Å²) in [6.07, 6.45) is 2.57. The van der Waals surface area contributed by atoms with E-state index in [-0.39, 0.29) is 18.1 Å². The van der Waals surface area contributed by atoms with E-state index in [9.17, 15) is 4.79 Å². The number of nitrogens with two attached hydrogens (primary N) is 1. The molecule has 2 aliphatic heterocycles. The number of likely N-dealkylation sites (tertiary alicyclic amines) is 1. The van der Waals surface area contributed by atoms with Gasteiger partial charge in [-0.25, -0.2) is 0 Å².